The minimum atomic E-state index is -0.758. The van der Waals surface area contributed by atoms with Crippen molar-refractivity contribution >= 4 is 28.8 Å². The zero-order chi connectivity index (χ0) is 29.5. The second-order valence-corrected chi connectivity index (χ2v) is 11.1. The molecule has 0 spiro atoms. The third-order valence-corrected chi connectivity index (χ3v) is 7.14. The summed E-state index contributed by atoms with van der Waals surface area (Å²) in [4.78, 5) is 27.5. The Morgan fingerprint density at radius 2 is 1.93 bits per heavy atom. The number of imidazole rings is 1. The quantitative estimate of drug-likeness (QED) is 0.268. The first-order valence-corrected chi connectivity index (χ1v) is 13.1. The number of aromatic nitrogens is 4. The number of aliphatic hydroxyl groups excluding tert-OH is 1. The largest absolute Gasteiger partial charge is 0.507 e. The first-order chi connectivity index (χ1) is 19.4. The summed E-state index contributed by atoms with van der Waals surface area (Å²) >= 11 is 0. The summed E-state index contributed by atoms with van der Waals surface area (Å²) in [5.41, 5.74) is 8.00. The molecule has 0 aliphatic carbocycles. The maximum absolute atomic E-state index is 13.1. The highest BCUT2D eigenvalue weighted by molar-refractivity contribution is 6.01. The molecule has 0 saturated heterocycles. The standard InChI is InChI=1S/C25H28O6.C5H5N5/c1-24(2)9-8-16-20(30-24)7-6-14(23(16)29-5)11-18(26)17-10-15-12-22(28)25(3,4)31-21(15)13-19(17)27;6-4-3-5(9-1-7-3)10-2-8-4/h6-10,13,22,27-28H,11-12H2,1-5H3;1-2H,(H3,6,7,8,9,10). The molecule has 5 N–H and O–H groups in total. The Bertz CT molecular complexity index is 1660. The van der Waals surface area contributed by atoms with Gasteiger partial charge < -0.3 is 35.1 Å². The molecule has 2 aromatic heterocycles. The van der Waals surface area contributed by atoms with E-state index in [-0.39, 0.29) is 23.5 Å². The van der Waals surface area contributed by atoms with Gasteiger partial charge in [-0.1, -0.05) is 6.07 Å². The molecule has 41 heavy (non-hydrogen) atoms. The fourth-order valence-electron chi connectivity index (χ4n) is 4.80. The molecule has 0 saturated carbocycles. The van der Waals surface area contributed by atoms with Crippen molar-refractivity contribution < 1.29 is 29.2 Å². The number of nitrogens with one attached hydrogen (secondary N) is 1. The van der Waals surface area contributed by atoms with E-state index in [1.54, 1.807) is 27.0 Å². The molecule has 2 aliphatic rings. The van der Waals surface area contributed by atoms with Crippen molar-refractivity contribution in [3.63, 3.8) is 0 Å². The molecule has 0 amide bonds. The number of ketones is 1. The van der Waals surface area contributed by atoms with Gasteiger partial charge in [-0.25, -0.2) is 15.0 Å². The molecule has 0 fully saturated rings. The maximum atomic E-state index is 13.1. The van der Waals surface area contributed by atoms with Crippen LogP contribution in [0.1, 0.15) is 54.7 Å². The monoisotopic (exact) mass is 559 g/mol. The normalized spacial score (nSPS) is 17.8. The van der Waals surface area contributed by atoms with E-state index < -0.39 is 17.3 Å². The number of phenolic OH excluding ortho intramolecular Hbond substituents is 1. The molecule has 1 atom stereocenters. The van der Waals surface area contributed by atoms with Crippen molar-refractivity contribution in [2.45, 2.75) is 57.8 Å². The van der Waals surface area contributed by atoms with Gasteiger partial charge in [0.05, 0.1) is 30.7 Å². The lowest BCUT2D eigenvalue weighted by Gasteiger charge is -2.37. The smallest absolute Gasteiger partial charge is 0.182 e. The van der Waals surface area contributed by atoms with Crippen LogP contribution in [-0.4, -0.2) is 60.3 Å². The molecular weight excluding hydrogens is 526 g/mol. The number of phenols is 1. The van der Waals surface area contributed by atoms with Crippen molar-refractivity contribution in [2.75, 3.05) is 12.8 Å². The van der Waals surface area contributed by atoms with Gasteiger partial charge in [0.15, 0.2) is 17.2 Å². The predicted molar refractivity (Wildman–Crippen MR) is 153 cm³/mol. The van der Waals surface area contributed by atoms with E-state index in [2.05, 4.69) is 19.9 Å². The van der Waals surface area contributed by atoms with Crippen molar-refractivity contribution in [3.05, 3.63) is 65.2 Å². The lowest BCUT2D eigenvalue weighted by Crippen LogP contribution is -2.46. The third-order valence-electron chi connectivity index (χ3n) is 7.14. The number of H-pyrrole nitrogens is 1. The van der Waals surface area contributed by atoms with Crippen molar-refractivity contribution in [1.29, 1.82) is 0 Å². The number of fused-ring (bicyclic) bond motifs is 3. The first kappa shape index (κ1) is 27.9. The average Bonchev–Trinajstić information content (AvgIpc) is 3.39. The topological polar surface area (TPSA) is 166 Å². The average molecular weight is 560 g/mol. The van der Waals surface area contributed by atoms with Crippen LogP contribution in [0.2, 0.25) is 0 Å². The lowest BCUT2D eigenvalue weighted by atomic mass is 9.89. The van der Waals surface area contributed by atoms with Gasteiger partial charge in [0.25, 0.3) is 0 Å². The van der Waals surface area contributed by atoms with E-state index in [4.69, 9.17) is 19.9 Å². The minimum Gasteiger partial charge on any atom is -0.507 e. The lowest BCUT2D eigenvalue weighted by molar-refractivity contribution is -0.0412. The number of rotatable bonds is 4. The molecule has 11 nitrogen and oxygen atoms in total. The van der Waals surface area contributed by atoms with Gasteiger partial charge in [0.1, 0.15) is 46.0 Å². The molecule has 4 aromatic rings. The number of aliphatic hydroxyl groups is 1. The number of Topliss-reactive ketones (excluding diaryl/α,β-unsaturated/α-hetero) is 1. The van der Waals surface area contributed by atoms with Gasteiger partial charge in [0.2, 0.25) is 0 Å². The third kappa shape index (κ3) is 5.53. The zero-order valence-corrected chi connectivity index (χ0v) is 23.6. The number of aromatic amines is 1. The number of hydrogen-bond donors (Lipinski definition) is 4. The van der Waals surface area contributed by atoms with E-state index in [1.807, 2.05) is 38.1 Å². The number of hydrogen-bond acceptors (Lipinski definition) is 10. The van der Waals surface area contributed by atoms with Crippen LogP contribution in [0.25, 0.3) is 17.2 Å². The minimum absolute atomic E-state index is 0.0505. The number of methoxy groups -OCH3 is 1. The predicted octanol–water partition coefficient (Wildman–Crippen LogP) is 4.02. The molecule has 0 radical (unpaired) electrons. The Labute approximate surface area is 237 Å². The van der Waals surface area contributed by atoms with E-state index >= 15 is 0 Å². The Hall–Kier alpha value is -4.64. The Morgan fingerprint density at radius 3 is 2.66 bits per heavy atom. The van der Waals surface area contributed by atoms with E-state index in [0.29, 0.717) is 51.8 Å². The number of benzene rings is 2. The Balaban J connectivity index is 0.000000282. The zero-order valence-electron chi connectivity index (χ0n) is 23.6. The first-order valence-electron chi connectivity index (χ1n) is 13.1. The summed E-state index contributed by atoms with van der Waals surface area (Å²) in [6.07, 6.45) is 6.52. The molecule has 1 unspecified atom stereocenters. The van der Waals surface area contributed by atoms with Crippen LogP contribution in [0, 0.1) is 0 Å². The molecule has 2 aliphatic heterocycles. The maximum Gasteiger partial charge on any atom is 0.182 e. The number of carbonyl (C=O) groups is 1. The van der Waals surface area contributed by atoms with Crippen LogP contribution < -0.4 is 19.9 Å². The molecule has 2 aromatic carbocycles. The van der Waals surface area contributed by atoms with E-state index in [1.165, 1.54) is 18.7 Å². The van der Waals surface area contributed by atoms with Crippen LogP contribution in [-0.2, 0) is 12.8 Å². The van der Waals surface area contributed by atoms with Crippen molar-refractivity contribution in [3.8, 4) is 23.0 Å². The number of anilines is 1. The van der Waals surface area contributed by atoms with Gasteiger partial charge in [0, 0.05) is 24.5 Å². The van der Waals surface area contributed by atoms with Crippen LogP contribution in [0.15, 0.2) is 43.0 Å². The highest BCUT2D eigenvalue weighted by atomic mass is 16.5. The van der Waals surface area contributed by atoms with Gasteiger partial charge >= 0.3 is 0 Å². The summed E-state index contributed by atoms with van der Waals surface area (Å²) < 4.78 is 17.4. The van der Waals surface area contributed by atoms with Crippen LogP contribution in [0.3, 0.4) is 0 Å². The van der Waals surface area contributed by atoms with Gasteiger partial charge in [-0.2, -0.15) is 0 Å². The second-order valence-electron chi connectivity index (χ2n) is 11.1. The van der Waals surface area contributed by atoms with Crippen molar-refractivity contribution in [1.82, 2.24) is 19.9 Å². The Morgan fingerprint density at radius 1 is 1.15 bits per heavy atom. The molecule has 11 heteroatoms. The number of carbonyl (C=O) groups excluding carboxylic acids is 1. The summed E-state index contributed by atoms with van der Waals surface area (Å²) in [7, 11) is 1.56. The highest BCUT2D eigenvalue weighted by Crippen LogP contribution is 2.41. The highest BCUT2D eigenvalue weighted by Gasteiger charge is 2.36. The van der Waals surface area contributed by atoms with E-state index in [0.717, 1.165) is 5.56 Å². The summed E-state index contributed by atoms with van der Waals surface area (Å²) in [6, 6.07) is 6.72. The number of ether oxygens (including phenoxy) is 3. The Kier molecular flexibility index (Phi) is 7.08. The number of aromatic hydroxyl groups is 1. The summed E-state index contributed by atoms with van der Waals surface area (Å²) in [5.74, 6) is 1.81. The number of nitrogens with two attached hydrogens (primary N) is 1. The molecule has 0 bridgehead atoms. The van der Waals surface area contributed by atoms with Crippen LogP contribution in [0.4, 0.5) is 5.82 Å². The SMILES string of the molecule is COc1c(CC(=O)c2cc3c(cc2O)OC(C)(C)C(O)C3)ccc2c1C=CC(C)(C)O2.Nc1ncnc2nc[nH]c12. The molecule has 6 rings (SSSR count). The van der Waals surface area contributed by atoms with Gasteiger partial charge in [-0.15, -0.1) is 0 Å². The fourth-order valence-corrected chi connectivity index (χ4v) is 4.80. The number of nitrogen functional groups attached to an aromatic ring is 1. The molecule has 4 heterocycles. The van der Waals surface area contributed by atoms with Crippen LogP contribution in [0.5, 0.6) is 23.0 Å². The number of nitrogens with zero attached hydrogens (tertiary/aromatic N) is 3. The van der Waals surface area contributed by atoms with Gasteiger partial charge in [-0.3, -0.25) is 4.79 Å². The van der Waals surface area contributed by atoms with Crippen LogP contribution >= 0.6 is 0 Å². The van der Waals surface area contributed by atoms with Gasteiger partial charge in [-0.05, 0) is 57.5 Å². The summed E-state index contributed by atoms with van der Waals surface area (Å²) in [5, 5.41) is 20.8. The summed E-state index contributed by atoms with van der Waals surface area (Å²) in [6.45, 7) is 7.52. The second kappa shape index (κ2) is 10.4. The van der Waals surface area contributed by atoms with E-state index in [9.17, 15) is 15.0 Å². The fraction of sp³-hybridized carbons (Fsp3) is 0.333. The van der Waals surface area contributed by atoms with Crippen molar-refractivity contribution in [2.24, 2.45) is 0 Å². The molecule has 214 valence electrons. The molecular formula is C30H33N5O6.